The molecule has 2 aliphatic heterocycles. The molecular weight excluding hydrogens is 422 g/mol. The summed E-state index contributed by atoms with van der Waals surface area (Å²) >= 11 is 0. The quantitative estimate of drug-likeness (QED) is 0.585. The molecule has 0 radical (unpaired) electrons. The molecule has 32 heavy (non-hydrogen) atoms. The molecule has 2 aliphatic rings. The summed E-state index contributed by atoms with van der Waals surface area (Å²) < 4.78 is 29.9. The molecule has 0 N–H and O–H groups in total. The van der Waals surface area contributed by atoms with E-state index < -0.39 is 10.0 Å². The van der Waals surface area contributed by atoms with Crippen LogP contribution in [0.25, 0.3) is 10.9 Å². The van der Waals surface area contributed by atoms with Gasteiger partial charge in [0.1, 0.15) is 0 Å². The number of carbonyl (C=O) groups is 1. The smallest absolute Gasteiger partial charge is 0.243 e. The first-order valence-corrected chi connectivity index (χ1v) is 13.0. The number of aryl methyl sites for hydroxylation is 1. The van der Waals surface area contributed by atoms with Crippen LogP contribution in [0.1, 0.15) is 37.7 Å². The molecular formula is C25H29N3O3S. The van der Waals surface area contributed by atoms with E-state index in [-0.39, 0.29) is 5.91 Å². The Bertz CT molecular complexity index is 1240. The first kappa shape index (κ1) is 21.2. The van der Waals surface area contributed by atoms with Gasteiger partial charge in [-0.05, 0) is 55.2 Å². The van der Waals surface area contributed by atoms with Gasteiger partial charge in [0, 0.05) is 55.4 Å². The van der Waals surface area contributed by atoms with Crippen LogP contribution in [0.15, 0.2) is 59.6 Å². The maximum Gasteiger partial charge on any atom is 0.243 e. The number of anilines is 1. The lowest BCUT2D eigenvalue weighted by atomic mass is 10.2. The van der Waals surface area contributed by atoms with Crippen LogP contribution >= 0.6 is 0 Å². The van der Waals surface area contributed by atoms with Crippen molar-refractivity contribution < 1.29 is 13.2 Å². The van der Waals surface area contributed by atoms with E-state index >= 15 is 0 Å². The molecule has 1 fully saturated rings. The first-order valence-electron chi connectivity index (χ1n) is 11.5. The number of amides is 1. The lowest BCUT2D eigenvalue weighted by Crippen LogP contribution is -2.31. The van der Waals surface area contributed by atoms with Crippen molar-refractivity contribution in [3.8, 4) is 0 Å². The fourth-order valence-corrected chi connectivity index (χ4v) is 6.47. The Morgan fingerprint density at radius 3 is 2.50 bits per heavy atom. The highest BCUT2D eigenvalue weighted by Gasteiger charge is 2.26. The number of aromatic nitrogens is 1. The van der Waals surface area contributed by atoms with Crippen molar-refractivity contribution in [3.05, 3.63) is 60.3 Å². The normalized spacial score (nSPS) is 17.4. The molecule has 0 spiro atoms. The molecule has 3 aromatic rings. The van der Waals surface area contributed by atoms with E-state index in [1.165, 1.54) is 5.56 Å². The molecule has 5 rings (SSSR count). The fourth-order valence-electron chi connectivity index (χ4n) is 4.91. The Morgan fingerprint density at radius 1 is 0.906 bits per heavy atom. The van der Waals surface area contributed by atoms with Crippen LogP contribution < -0.4 is 4.90 Å². The molecule has 1 saturated heterocycles. The number of sulfonamides is 1. The van der Waals surface area contributed by atoms with Gasteiger partial charge in [0.05, 0.1) is 4.90 Å². The summed E-state index contributed by atoms with van der Waals surface area (Å²) in [6.45, 7) is 2.51. The van der Waals surface area contributed by atoms with Gasteiger partial charge in [-0.1, -0.05) is 31.0 Å². The molecule has 3 heterocycles. The summed E-state index contributed by atoms with van der Waals surface area (Å²) in [4.78, 5) is 15.1. The number of hydrogen-bond donors (Lipinski definition) is 0. The van der Waals surface area contributed by atoms with Crippen LogP contribution in [0.4, 0.5) is 5.69 Å². The number of nitrogens with zero attached hydrogens (tertiary/aromatic N) is 3. The standard InChI is InChI=1S/C25H29N3O3S/c29-25(28-18-12-20-7-3-4-8-24(20)28)13-17-26-16-11-21-19-22(9-10-23(21)26)32(30,31)27-14-5-1-2-6-15-27/h3-4,7-11,16,19H,1-2,5-6,12-15,17-18H2. The van der Waals surface area contributed by atoms with Crippen LogP contribution in [0, 0.1) is 0 Å². The van der Waals surface area contributed by atoms with Crippen molar-refractivity contribution in [3.63, 3.8) is 0 Å². The summed E-state index contributed by atoms with van der Waals surface area (Å²) in [7, 11) is -3.47. The number of rotatable bonds is 5. The SMILES string of the molecule is O=C(CCn1ccc2cc(S(=O)(=O)N3CCCCCC3)ccc21)N1CCc2ccccc21. The maximum atomic E-state index is 13.1. The predicted octanol–water partition coefficient (Wildman–Crippen LogP) is 4.19. The molecule has 6 nitrogen and oxygen atoms in total. The minimum absolute atomic E-state index is 0.122. The summed E-state index contributed by atoms with van der Waals surface area (Å²) in [5.41, 5.74) is 3.21. The number of carbonyl (C=O) groups excluding carboxylic acids is 1. The van der Waals surface area contributed by atoms with Gasteiger partial charge in [0.15, 0.2) is 0 Å². The second-order valence-corrected chi connectivity index (χ2v) is 10.7. The summed E-state index contributed by atoms with van der Waals surface area (Å²) in [5.74, 6) is 0.122. The maximum absolute atomic E-state index is 13.1. The second kappa shape index (κ2) is 8.71. The van der Waals surface area contributed by atoms with Gasteiger partial charge in [-0.3, -0.25) is 4.79 Å². The Hall–Kier alpha value is -2.64. The highest BCUT2D eigenvalue weighted by Crippen LogP contribution is 2.29. The van der Waals surface area contributed by atoms with Gasteiger partial charge in [-0.2, -0.15) is 4.31 Å². The zero-order valence-corrected chi connectivity index (χ0v) is 19.1. The van der Waals surface area contributed by atoms with Crippen molar-refractivity contribution in [2.24, 2.45) is 0 Å². The van der Waals surface area contributed by atoms with Crippen LogP contribution in [0.5, 0.6) is 0 Å². The lowest BCUT2D eigenvalue weighted by Gasteiger charge is -2.20. The third-order valence-electron chi connectivity index (χ3n) is 6.70. The number of hydrogen-bond acceptors (Lipinski definition) is 3. The van der Waals surface area contributed by atoms with Crippen molar-refractivity contribution in [2.45, 2.75) is 50.0 Å². The molecule has 168 valence electrons. The van der Waals surface area contributed by atoms with Crippen molar-refractivity contribution in [2.75, 3.05) is 24.5 Å². The number of para-hydroxylation sites is 1. The molecule has 1 aromatic heterocycles. The Labute approximate surface area is 189 Å². The second-order valence-electron chi connectivity index (χ2n) is 8.72. The molecule has 7 heteroatoms. The summed E-state index contributed by atoms with van der Waals surface area (Å²) in [6.07, 6.45) is 7.29. The topological polar surface area (TPSA) is 62.6 Å². The van der Waals surface area contributed by atoms with E-state index in [9.17, 15) is 13.2 Å². The minimum atomic E-state index is -3.47. The third kappa shape index (κ3) is 3.95. The van der Waals surface area contributed by atoms with Crippen LogP contribution in [0.2, 0.25) is 0 Å². The first-order chi connectivity index (χ1) is 15.5. The average Bonchev–Trinajstić information content (AvgIpc) is 3.31. The van der Waals surface area contributed by atoms with Gasteiger partial charge < -0.3 is 9.47 Å². The van der Waals surface area contributed by atoms with Crippen molar-refractivity contribution in [1.82, 2.24) is 8.87 Å². The molecule has 0 aliphatic carbocycles. The highest BCUT2D eigenvalue weighted by atomic mass is 32.2. The predicted molar refractivity (Wildman–Crippen MR) is 126 cm³/mol. The van der Waals surface area contributed by atoms with E-state index in [4.69, 9.17) is 0 Å². The van der Waals surface area contributed by atoms with Crippen LogP contribution in [0.3, 0.4) is 0 Å². The fraction of sp³-hybridized carbons (Fsp3) is 0.400. The molecule has 2 aromatic carbocycles. The minimum Gasteiger partial charge on any atom is -0.347 e. The Kier molecular flexibility index (Phi) is 5.78. The zero-order chi connectivity index (χ0) is 22.1. The van der Waals surface area contributed by atoms with Crippen molar-refractivity contribution >= 4 is 32.5 Å². The monoisotopic (exact) mass is 451 g/mol. The molecule has 1 amide bonds. The number of fused-ring (bicyclic) bond motifs is 2. The molecule has 0 unspecified atom stereocenters. The highest BCUT2D eigenvalue weighted by molar-refractivity contribution is 7.89. The van der Waals surface area contributed by atoms with E-state index in [0.717, 1.165) is 55.2 Å². The Balaban J connectivity index is 1.31. The summed E-state index contributed by atoms with van der Waals surface area (Å²) in [6, 6.07) is 15.4. The third-order valence-corrected chi connectivity index (χ3v) is 8.59. The lowest BCUT2D eigenvalue weighted by molar-refractivity contribution is -0.118. The Morgan fingerprint density at radius 2 is 1.69 bits per heavy atom. The van der Waals surface area contributed by atoms with Crippen molar-refractivity contribution in [1.29, 1.82) is 0 Å². The van der Waals surface area contributed by atoms with E-state index in [0.29, 0.717) is 31.0 Å². The van der Waals surface area contributed by atoms with Gasteiger partial charge in [-0.25, -0.2) is 8.42 Å². The van der Waals surface area contributed by atoms with Gasteiger partial charge in [-0.15, -0.1) is 0 Å². The summed E-state index contributed by atoms with van der Waals surface area (Å²) in [5, 5.41) is 0.889. The van der Waals surface area contributed by atoms with Gasteiger partial charge in [0.25, 0.3) is 0 Å². The van der Waals surface area contributed by atoms with E-state index in [1.54, 1.807) is 16.4 Å². The van der Waals surface area contributed by atoms with E-state index in [1.807, 2.05) is 46.0 Å². The van der Waals surface area contributed by atoms with Crippen LogP contribution in [-0.4, -0.2) is 42.8 Å². The largest absolute Gasteiger partial charge is 0.347 e. The molecule has 0 saturated carbocycles. The average molecular weight is 452 g/mol. The molecule has 0 atom stereocenters. The molecule has 0 bridgehead atoms. The van der Waals surface area contributed by atoms with Crippen LogP contribution in [-0.2, 0) is 27.8 Å². The number of benzene rings is 2. The van der Waals surface area contributed by atoms with Gasteiger partial charge >= 0.3 is 0 Å². The zero-order valence-electron chi connectivity index (χ0n) is 18.2. The van der Waals surface area contributed by atoms with Gasteiger partial charge in [0.2, 0.25) is 15.9 Å². The van der Waals surface area contributed by atoms with E-state index in [2.05, 4.69) is 6.07 Å².